The van der Waals surface area contributed by atoms with Gasteiger partial charge in [0.15, 0.2) is 0 Å². The molecule has 1 aliphatic rings. The Bertz CT molecular complexity index is 642. The predicted octanol–water partition coefficient (Wildman–Crippen LogP) is 3.34. The molecule has 0 unspecified atom stereocenters. The van der Waals surface area contributed by atoms with Crippen LogP contribution in [0.2, 0.25) is 0 Å². The number of hydrogen-bond donors (Lipinski definition) is 0. The Labute approximate surface area is 158 Å². The van der Waals surface area contributed by atoms with Crippen LogP contribution >= 0.6 is 0 Å². The first-order chi connectivity index (χ1) is 12.7. The third kappa shape index (κ3) is 5.75. The molecule has 0 bridgehead atoms. The molecule has 0 aliphatic carbocycles. The minimum absolute atomic E-state index is 0.730. The Kier molecular flexibility index (Phi) is 6.92. The van der Waals surface area contributed by atoms with Gasteiger partial charge in [0.25, 0.3) is 0 Å². The van der Waals surface area contributed by atoms with Gasteiger partial charge >= 0.3 is 0 Å². The van der Waals surface area contributed by atoms with Gasteiger partial charge in [0.2, 0.25) is 0 Å². The fourth-order valence-electron chi connectivity index (χ4n) is 3.32. The van der Waals surface area contributed by atoms with Gasteiger partial charge in [-0.15, -0.1) is 0 Å². The normalized spacial score (nSPS) is 15.9. The largest absolute Gasteiger partial charge is 0.492 e. The van der Waals surface area contributed by atoms with Crippen molar-refractivity contribution in [1.29, 1.82) is 0 Å². The molecule has 140 valence electrons. The number of anilines is 1. The Morgan fingerprint density at radius 1 is 0.885 bits per heavy atom. The molecule has 0 saturated carbocycles. The zero-order chi connectivity index (χ0) is 18.2. The monoisotopic (exact) mass is 353 g/mol. The third-order valence-electron chi connectivity index (χ3n) is 4.85. The number of rotatable bonds is 7. The van der Waals surface area contributed by atoms with Crippen molar-refractivity contribution >= 4 is 5.69 Å². The maximum Gasteiger partial charge on any atom is 0.119 e. The van der Waals surface area contributed by atoms with E-state index in [2.05, 4.69) is 83.4 Å². The quantitative estimate of drug-likeness (QED) is 0.760. The first-order valence-electron chi connectivity index (χ1n) is 9.59. The summed E-state index contributed by atoms with van der Waals surface area (Å²) in [5.74, 6) is 0.960. The summed E-state index contributed by atoms with van der Waals surface area (Å²) in [6.45, 7) is 7.18. The number of para-hydroxylation sites is 1. The standard InChI is InChI=1S/C22H31N3O/c1-23(2)17-18-26-22-11-9-20(10-12-22)19-24-13-6-14-25(16-15-24)21-7-4-3-5-8-21/h3-5,7-12H,6,13-19H2,1-2H3. The zero-order valence-electron chi connectivity index (χ0n) is 16.1. The van der Waals surface area contributed by atoms with E-state index >= 15 is 0 Å². The van der Waals surface area contributed by atoms with Gasteiger partial charge in [-0.25, -0.2) is 0 Å². The molecule has 0 spiro atoms. The highest BCUT2D eigenvalue weighted by atomic mass is 16.5. The summed E-state index contributed by atoms with van der Waals surface area (Å²) in [5, 5.41) is 0. The molecule has 26 heavy (non-hydrogen) atoms. The van der Waals surface area contributed by atoms with Crippen LogP contribution in [0.5, 0.6) is 5.75 Å². The molecule has 0 amide bonds. The van der Waals surface area contributed by atoms with Crippen LogP contribution in [0.15, 0.2) is 54.6 Å². The van der Waals surface area contributed by atoms with Gasteiger partial charge in [0.05, 0.1) is 0 Å². The number of nitrogens with zero attached hydrogens (tertiary/aromatic N) is 3. The second-order valence-corrected chi connectivity index (χ2v) is 7.25. The average molecular weight is 354 g/mol. The molecule has 0 atom stereocenters. The third-order valence-corrected chi connectivity index (χ3v) is 4.85. The number of ether oxygens (including phenoxy) is 1. The zero-order valence-corrected chi connectivity index (χ0v) is 16.1. The Morgan fingerprint density at radius 3 is 2.38 bits per heavy atom. The van der Waals surface area contributed by atoms with Crippen LogP contribution in [0.3, 0.4) is 0 Å². The molecular formula is C22H31N3O. The maximum atomic E-state index is 5.78. The lowest BCUT2D eigenvalue weighted by Crippen LogP contribution is -2.30. The van der Waals surface area contributed by atoms with Crippen LogP contribution in [0.4, 0.5) is 5.69 Å². The van der Waals surface area contributed by atoms with E-state index in [0.29, 0.717) is 0 Å². The lowest BCUT2D eigenvalue weighted by atomic mass is 10.2. The lowest BCUT2D eigenvalue weighted by Gasteiger charge is -2.23. The first-order valence-corrected chi connectivity index (χ1v) is 9.59. The van der Waals surface area contributed by atoms with Gasteiger partial charge in [0, 0.05) is 45.0 Å². The fraction of sp³-hybridized carbons (Fsp3) is 0.455. The smallest absolute Gasteiger partial charge is 0.119 e. The van der Waals surface area contributed by atoms with Crippen molar-refractivity contribution in [2.75, 3.05) is 58.3 Å². The van der Waals surface area contributed by atoms with E-state index in [1.54, 1.807) is 0 Å². The minimum atomic E-state index is 0.730. The van der Waals surface area contributed by atoms with Crippen molar-refractivity contribution in [3.63, 3.8) is 0 Å². The molecule has 1 aliphatic heterocycles. The summed E-state index contributed by atoms with van der Waals surface area (Å²) < 4.78 is 5.78. The summed E-state index contributed by atoms with van der Waals surface area (Å²) >= 11 is 0. The molecular weight excluding hydrogens is 322 g/mol. The van der Waals surface area contributed by atoms with E-state index in [0.717, 1.165) is 51.6 Å². The van der Waals surface area contributed by atoms with Crippen LogP contribution in [0.1, 0.15) is 12.0 Å². The molecule has 3 rings (SSSR count). The van der Waals surface area contributed by atoms with Gasteiger partial charge in [-0.1, -0.05) is 30.3 Å². The SMILES string of the molecule is CN(C)CCOc1ccc(CN2CCCN(c3ccccc3)CC2)cc1. The van der Waals surface area contributed by atoms with E-state index in [1.807, 2.05) is 0 Å². The summed E-state index contributed by atoms with van der Waals surface area (Å²) in [5.41, 5.74) is 2.70. The Hall–Kier alpha value is -2.04. The van der Waals surface area contributed by atoms with Gasteiger partial charge in [-0.2, -0.15) is 0 Å². The van der Waals surface area contributed by atoms with Crippen LogP contribution in [-0.2, 0) is 6.54 Å². The van der Waals surface area contributed by atoms with Gasteiger partial charge < -0.3 is 14.5 Å². The molecule has 2 aromatic rings. The topological polar surface area (TPSA) is 19.0 Å². The minimum Gasteiger partial charge on any atom is -0.492 e. The highest BCUT2D eigenvalue weighted by molar-refractivity contribution is 5.46. The second-order valence-electron chi connectivity index (χ2n) is 7.25. The van der Waals surface area contributed by atoms with E-state index in [-0.39, 0.29) is 0 Å². The lowest BCUT2D eigenvalue weighted by molar-refractivity contribution is 0.261. The number of hydrogen-bond acceptors (Lipinski definition) is 4. The predicted molar refractivity (Wildman–Crippen MR) is 109 cm³/mol. The summed E-state index contributed by atoms with van der Waals surface area (Å²) in [4.78, 5) is 7.19. The molecule has 1 fully saturated rings. The van der Waals surface area contributed by atoms with Crippen LogP contribution in [0.25, 0.3) is 0 Å². The molecule has 1 saturated heterocycles. The molecule has 0 aromatic heterocycles. The number of likely N-dealkylation sites (N-methyl/N-ethyl adjacent to an activating group) is 1. The van der Waals surface area contributed by atoms with Crippen molar-refractivity contribution in [3.05, 3.63) is 60.2 Å². The van der Waals surface area contributed by atoms with Gasteiger partial charge in [0.1, 0.15) is 12.4 Å². The van der Waals surface area contributed by atoms with Crippen LogP contribution in [0, 0.1) is 0 Å². The van der Waals surface area contributed by atoms with Crippen molar-refractivity contribution < 1.29 is 4.74 Å². The fourth-order valence-corrected chi connectivity index (χ4v) is 3.32. The number of benzene rings is 2. The summed E-state index contributed by atoms with van der Waals surface area (Å²) in [6.07, 6.45) is 1.21. The molecule has 0 radical (unpaired) electrons. The highest BCUT2D eigenvalue weighted by Crippen LogP contribution is 2.18. The molecule has 0 N–H and O–H groups in total. The van der Waals surface area contributed by atoms with Crippen molar-refractivity contribution in [1.82, 2.24) is 9.80 Å². The first kappa shape index (κ1) is 18.7. The van der Waals surface area contributed by atoms with Crippen molar-refractivity contribution in [2.45, 2.75) is 13.0 Å². The maximum absolute atomic E-state index is 5.78. The van der Waals surface area contributed by atoms with Gasteiger partial charge in [-0.3, -0.25) is 4.90 Å². The van der Waals surface area contributed by atoms with E-state index in [4.69, 9.17) is 4.74 Å². The molecule has 4 heteroatoms. The molecule has 2 aromatic carbocycles. The van der Waals surface area contributed by atoms with Crippen LogP contribution in [-0.4, -0.2) is 63.2 Å². The molecule has 1 heterocycles. The van der Waals surface area contributed by atoms with Crippen LogP contribution < -0.4 is 9.64 Å². The Balaban J connectivity index is 1.48. The molecule has 4 nitrogen and oxygen atoms in total. The van der Waals surface area contributed by atoms with E-state index in [1.165, 1.54) is 17.7 Å². The summed E-state index contributed by atoms with van der Waals surface area (Å²) in [7, 11) is 4.12. The highest BCUT2D eigenvalue weighted by Gasteiger charge is 2.15. The second kappa shape index (κ2) is 9.60. The summed E-state index contributed by atoms with van der Waals surface area (Å²) in [6, 6.07) is 19.4. The van der Waals surface area contributed by atoms with E-state index in [9.17, 15) is 0 Å². The van der Waals surface area contributed by atoms with Crippen molar-refractivity contribution in [3.8, 4) is 5.75 Å². The average Bonchev–Trinajstić information content (AvgIpc) is 2.89. The van der Waals surface area contributed by atoms with Gasteiger partial charge in [-0.05, 0) is 50.3 Å². The van der Waals surface area contributed by atoms with Crippen molar-refractivity contribution in [2.24, 2.45) is 0 Å². The Morgan fingerprint density at radius 2 is 1.65 bits per heavy atom. The van der Waals surface area contributed by atoms with E-state index < -0.39 is 0 Å².